The number of nitrogens with one attached hydrogen (secondary N) is 1. The van der Waals surface area contributed by atoms with Crippen LogP contribution in [0.5, 0.6) is 11.6 Å². The molecule has 6 nitrogen and oxygen atoms in total. The summed E-state index contributed by atoms with van der Waals surface area (Å²) in [5, 5.41) is 11.6. The van der Waals surface area contributed by atoms with Gasteiger partial charge in [0.2, 0.25) is 5.88 Å². The normalized spacial score (nSPS) is 11.6. The zero-order valence-electron chi connectivity index (χ0n) is 16.6. The molecular weight excluding hydrogens is 406 g/mol. The molecular formula is C23H20F2N2O4. The van der Waals surface area contributed by atoms with Crippen LogP contribution in [0.15, 0.2) is 60.8 Å². The summed E-state index contributed by atoms with van der Waals surface area (Å²) in [6.07, 6.45) is 1.66. The van der Waals surface area contributed by atoms with E-state index in [0.717, 1.165) is 0 Å². The maximum atomic E-state index is 14.4. The number of halogens is 2. The third kappa shape index (κ3) is 5.85. The SMILES string of the molecule is CC(Cc1ccc(CNC(=O)c2cccnc2Oc2ccc(F)cc2)c(F)c1)C(=O)O. The van der Waals surface area contributed by atoms with Gasteiger partial charge in [0.1, 0.15) is 22.9 Å². The Balaban J connectivity index is 1.67. The second-order valence-corrected chi connectivity index (χ2v) is 6.96. The summed E-state index contributed by atoms with van der Waals surface area (Å²) in [6, 6.07) is 12.8. The van der Waals surface area contributed by atoms with Crippen molar-refractivity contribution in [3.63, 3.8) is 0 Å². The van der Waals surface area contributed by atoms with Crippen LogP contribution in [0.4, 0.5) is 8.78 Å². The van der Waals surface area contributed by atoms with Crippen molar-refractivity contribution in [1.82, 2.24) is 10.3 Å². The van der Waals surface area contributed by atoms with Crippen molar-refractivity contribution in [2.45, 2.75) is 19.9 Å². The standard InChI is InChI=1S/C23H20F2N2O4/c1-14(23(29)30)11-15-4-5-16(20(25)12-15)13-27-21(28)19-3-2-10-26-22(19)31-18-8-6-17(24)7-9-18/h2-10,12,14H,11,13H2,1H3,(H,27,28)(H,29,30). The molecule has 0 aliphatic heterocycles. The Morgan fingerprint density at radius 2 is 1.87 bits per heavy atom. The fourth-order valence-electron chi connectivity index (χ4n) is 2.83. The van der Waals surface area contributed by atoms with E-state index in [-0.39, 0.29) is 30.0 Å². The number of ether oxygens (including phenoxy) is 1. The molecule has 1 amide bonds. The lowest BCUT2D eigenvalue weighted by molar-refractivity contribution is -0.141. The number of benzene rings is 2. The summed E-state index contributed by atoms with van der Waals surface area (Å²) in [6.45, 7) is 1.47. The number of nitrogens with zero attached hydrogens (tertiary/aromatic N) is 1. The van der Waals surface area contributed by atoms with Crippen molar-refractivity contribution in [3.05, 3.63) is 89.1 Å². The number of aliphatic carboxylic acids is 1. The summed E-state index contributed by atoms with van der Waals surface area (Å²) in [4.78, 5) is 27.6. The number of hydrogen-bond acceptors (Lipinski definition) is 4. The highest BCUT2D eigenvalue weighted by atomic mass is 19.1. The van der Waals surface area contributed by atoms with Crippen LogP contribution in [0.1, 0.15) is 28.4 Å². The molecule has 0 saturated heterocycles. The molecule has 1 unspecified atom stereocenters. The van der Waals surface area contributed by atoms with Gasteiger partial charge in [-0.05, 0) is 54.4 Å². The summed E-state index contributed by atoms with van der Waals surface area (Å²) in [7, 11) is 0. The number of aromatic nitrogens is 1. The first kappa shape index (κ1) is 21.9. The van der Waals surface area contributed by atoms with E-state index in [4.69, 9.17) is 9.84 Å². The van der Waals surface area contributed by atoms with Crippen molar-refractivity contribution >= 4 is 11.9 Å². The molecule has 0 radical (unpaired) electrons. The van der Waals surface area contributed by atoms with E-state index in [1.54, 1.807) is 19.1 Å². The third-order valence-corrected chi connectivity index (χ3v) is 4.56. The van der Waals surface area contributed by atoms with Gasteiger partial charge in [-0.15, -0.1) is 0 Å². The maximum absolute atomic E-state index is 14.4. The molecule has 1 aromatic heterocycles. The molecule has 0 aliphatic rings. The smallest absolute Gasteiger partial charge is 0.306 e. The van der Waals surface area contributed by atoms with E-state index in [1.165, 1.54) is 48.7 Å². The molecule has 1 heterocycles. The summed E-state index contributed by atoms with van der Waals surface area (Å²) < 4.78 is 33.0. The molecule has 160 valence electrons. The zero-order chi connectivity index (χ0) is 22.4. The number of hydrogen-bond donors (Lipinski definition) is 2. The summed E-state index contributed by atoms with van der Waals surface area (Å²) >= 11 is 0. The lowest BCUT2D eigenvalue weighted by atomic mass is 10.00. The Morgan fingerprint density at radius 1 is 1.13 bits per heavy atom. The molecule has 2 N–H and O–H groups in total. The highest BCUT2D eigenvalue weighted by Gasteiger charge is 2.16. The predicted molar refractivity (Wildman–Crippen MR) is 109 cm³/mol. The van der Waals surface area contributed by atoms with Crippen LogP contribution in [0, 0.1) is 17.6 Å². The van der Waals surface area contributed by atoms with E-state index in [1.807, 2.05) is 0 Å². The fourth-order valence-corrected chi connectivity index (χ4v) is 2.83. The Hall–Kier alpha value is -3.81. The minimum atomic E-state index is -0.952. The van der Waals surface area contributed by atoms with Gasteiger partial charge in [-0.1, -0.05) is 19.1 Å². The lowest BCUT2D eigenvalue weighted by Crippen LogP contribution is -2.24. The first-order valence-corrected chi connectivity index (χ1v) is 9.50. The van der Waals surface area contributed by atoms with Gasteiger partial charge in [0.25, 0.3) is 5.91 Å². The minimum Gasteiger partial charge on any atom is -0.481 e. The van der Waals surface area contributed by atoms with Gasteiger partial charge in [-0.3, -0.25) is 9.59 Å². The molecule has 2 aromatic carbocycles. The van der Waals surface area contributed by atoms with Crippen molar-refractivity contribution in [1.29, 1.82) is 0 Å². The van der Waals surface area contributed by atoms with E-state index in [9.17, 15) is 18.4 Å². The number of carboxylic acid groups (broad SMARTS) is 1. The van der Waals surface area contributed by atoms with Crippen LogP contribution < -0.4 is 10.1 Å². The van der Waals surface area contributed by atoms with Gasteiger partial charge in [-0.2, -0.15) is 0 Å². The maximum Gasteiger partial charge on any atom is 0.306 e. The van der Waals surface area contributed by atoms with E-state index >= 15 is 0 Å². The van der Waals surface area contributed by atoms with Gasteiger partial charge >= 0.3 is 5.97 Å². The molecule has 3 rings (SSSR count). The third-order valence-electron chi connectivity index (χ3n) is 4.56. The zero-order valence-corrected chi connectivity index (χ0v) is 16.6. The van der Waals surface area contributed by atoms with E-state index in [0.29, 0.717) is 11.3 Å². The first-order chi connectivity index (χ1) is 14.8. The fraction of sp³-hybridized carbons (Fsp3) is 0.174. The van der Waals surface area contributed by atoms with Crippen LogP contribution in [0.3, 0.4) is 0 Å². The average molecular weight is 426 g/mol. The van der Waals surface area contributed by atoms with Crippen LogP contribution in [0.25, 0.3) is 0 Å². The minimum absolute atomic E-state index is 0.0325. The number of pyridine rings is 1. The molecule has 1 atom stereocenters. The molecule has 0 saturated carbocycles. The highest BCUT2D eigenvalue weighted by molar-refractivity contribution is 5.96. The van der Waals surface area contributed by atoms with Crippen LogP contribution in [-0.2, 0) is 17.8 Å². The summed E-state index contributed by atoms with van der Waals surface area (Å²) in [5.41, 5.74) is 0.953. The number of carbonyl (C=O) groups is 2. The second-order valence-electron chi connectivity index (χ2n) is 6.96. The Kier molecular flexibility index (Phi) is 6.92. The number of rotatable bonds is 8. The average Bonchev–Trinajstić information content (AvgIpc) is 2.75. The second kappa shape index (κ2) is 9.80. The van der Waals surface area contributed by atoms with Crippen LogP contribution in [-0.4, -0.2) is 22.0 Å². The van der Waals surface area contributed by atoms with Crippen molar-refractivity contribution in [3.8, 4) is 11.6 Å². The lowest BCUT2D eigenvalue weighted by Gasteiger charge is -2.12. The molecule has 0 spiro atoms. The van der Waals surface area contributed by atoms with Crippen molar-refractivity contribution in [2.75, 3.05) is 0 Å². The monoisotopic (exact) mass is 426 g/mol. The largest absolute Gasteiger partial charge is 0.481 e. The molecule has 0 aliphatic carbocycles. The van der Waals surface area contributed by atoms with Crippen LogP contribution in [0.2, 0.25) is 0 Å². The van der Waals surface area contributed by atoms with Crippen molar-refractivity contribution < 1.29 is 28.2 Å². The van der Waals surface area contributed by atoms with Gasteiger partial charge in [0.15, 0.2) is 0 Å². The topological polar surface area (TPSA) is 88.5 Å². The molecule has 8 heteroatoms. The first-order valence-electron chi connectivity index (χ1n) is 9.50. The number of amides is 1. The Labute approximate surface area is 177 Å². The molecule has 0 fully saturated rings. The molecule has 31 heavy (non-hydrogen) atoms. The van der Waals surface area contributed by atoms with Gasteiger partial charge in [0, 0.05) is 18.3 Å². The number of carbonyl (C=O) groups excluding carboxylic acids is 1. The quantitative estimate of drug-likeness (QED) is 0.559. The van der Waals surface area contributed by atoms with Gasteiger partial charge in [0.05, 0.1) is 5.92 Å². The Morgan fingerprint density at radius 3 is 2.55 bits per heavy atom. The summed E-state index contributed by atoms with van der Waals surface area (Å²) in [5.74, 6) is -2.72. The Bertz CT molecular complexity index is 1090. The van der Waals surface area contributed by atoms with Gasteiger partial charge < -0.3 is 15.2 Å². The predicted octanol–water partition coefficient (Wildman–Crippen LogP) is 4.35. The van der Waals surface area contributed by atoms with Crippen LogP contribution >= 0.6 is 0 Å². The molecule has 3 aromatic rings. The van der Waals surface area contributed by atoms with E-state index < -0.39 is 29.4 Å². The van der Waals surface area contributed by atoms with E-state index in [2.05, 4.69) is 10.3 Å². The van der Waals surface area contributed by atoms with Gasteiger partial charge in [-0.25, -0.2) is 13.8 Å². The van der Waals surface area contributed by atoms with Crippen molar-refractivity contribution in [2.24, 2.45) is 5.92 Å². The molecule has 0 bridgehead atoms. The number of carboxylic acids is 1. The highest BCUT2D eigenvalue weighted by Crippen LogP contribution is 2.23.